The Morgan fingerprint density at radius 1 is 1.19 bits per heavy atom. The molecule has 2 heterocycles. The molecular weight excluding hydrogens is 470 g/mol. The van der Waals surface area contributed by atoms with Crippen molar-refractivity contribution in [2.75, 3.05) is 32.7 Å². The first-order valence-corrected chi connectivity index (χ1v) is 12.7. The van der Waals surface area contributed by atoms with Crippen LogP contribution in [-0.2, 0) is 11.2 Å². The van der Waals surface area contributed by atoms with Crippen molar-refractivity contribution in [2.45, 2.75) is 83.2 Å². The molecule has 1 aromatic rings. The Labute approximate surface area is 201 Å². The van der Waals surface area contributed by atoms with Gasteiger partial charge in [0.25, 0.3) is 0 Å². The molecule has 178 valence electrons. The summed E-state index contributed by atoms with van der Waals surface area (Å²) in [4.78, 5) is 19.4. The highest BCUT2D eigenvalue weighted by Gasteiger charge is 2.44. The Balaban J connectivity index is 1.38. The normalized spacial score (nSPS) is 29.1. The molecule has 4 rings (SSSR count). The molecule has 0 aromatic heterocycles. The summed E-state index contributed by atoms with van der Waals surface area (Å²) in [5.74, 6) is 0. The van der Waals surface area contributed by atoms with E-state index in [0.29, 0.717) is 6.04 Å². The van der Waals surface area contributed by atoms with Crippen molar-refractivity contribution < 1.29 is 14.6 Å². The fourth-order valence-electron chi connectivity index (χ4n) is 5.67. The van der Waals surface area contributed by atoms with Gasteiger partial charge < -0.3 is 14.7 Å². The fourth-order valence-corrected chi connectivity index (χ4v) is 6.08. The summed E-state index contributed by atoms with van der Waals surface area (Å²) in [6, 6.07) is 6.85. The van der Waals surface area contributed by atoms with E-state index in [1.165, 1.54) is 11.1 Å². The van der Waals surface area contributed by atoms with Gasteiger partial charge in [-0.25, -0.2) is 4.79 Å². The predicted octanol–water partition coefficient (Wildman–Crippen LogP) is 4.20. The Morgan fingerprint density at radius 3 is 2.50 bits per heavy atom. The smallest absolute Gasteiger partial charge is 0.410 e. The number of hydrogen-bond acceptors (Lipinski definition) is 5. The molecule has 1 amide bonds. The molecule has 2 unspecified atom stereocenters. The number of piperidine rings is 1. The molecule has 1 aromatic carbocycles. The monoisotopic (exact) mass is 507 g/mol. The molecule has 6 nitrogen and oxygen atoms in total. The van der Waals surface area contributed by atoms with Crippen LogP contribution in [0.3, 0.4) is 0 Å². The van der Waals surface area contributed by atoms with Crippen LogP contribution in [-0.4, -0.2) is 81.9 Å². The molecule has 1 N–H and O–H groups in total. The van der Waals surface area contributed by atoms with Crippen LogP contribution in [0.25, 0.3) is 0 Å². The molecule has 32 heavy (non-hydrogen) atoms. The molecule has 2 fully saturated rings. The highest BCUT2D eigenvalue weighted by Crippen LogP contribution is 2.40. The van der Waals surface area contributed by atoms with E-state index in [4.69, 9.17) is 4.74 Å². The number of halogens is 1. The number of nitrogens with zero attached hydrogens (tertiary/aromatic N) is 3. The minimum atomic E-state index is -0.455. The van der Waals surface area contributed by atoms with E-state index in [-0.39, 0.29) is 23.8 Å². The van der Waals surface area contributed by atoms with Crippen LogP contribution in [0.5, 0.6) is 0 Å². The second-order valence-corrected chi connectivity index (χ2v) is 12.0. The lowest BCUT2D eigenvalue weighted by atomic mass is 9.86. The molecule has 3 atom stereocenters. The molecule has 1 aliphatic carbocycles. The van der Waals surface area contributed by atoms with Crippen LogP contribution >= 0.6 is 15.9 Å². The number of carbonyl (C=O) groups is 1. The zero-order chi connectivity index (χ0) is 23.3. The quantitative estimate of drug-likeness (QED) is 0.649. The molecule has 0 spiro atoms. The zero-order valence-electron chi connectivity index (χ0n) is 20.1. The number of ether oxygens (including phenoxy) is 1. The second-order valence-electron chi connectivity index (χ2n) is 11.1. The molecule has 7 heteroatoms. The van der Waals surface area contributed by atoms with E-state index in [1.54, 1.807) is 0 Å². The maximum Gasteiger partial charge on any atom is 0.410 e. The first-order valence-electron chi connectivity index (χ1n) is 11.9. The van der Waals surface area contributed by atoms with Crippen LogP contribution in [0.2, 0.25) is 0 Å². The van der Waals surface area contributed by atoms with Gasteiger partial charge in [0.1, 0.15) is 5.60 Å². The number of piperazine rings is 1. The number of benzene rings is 1. The lowest BCUT2D eigenvalue weighted by Gasteiger charge is -2.52. The molecule has 2 aliphatic heterocycles. The van der Waals surface area contributed by atoms with Crippen molar-refractivity contribution in [2.24, 2.45) is 0 Å². The molecule has 2 saturated heterocycles. The topological polar surface area (TPSA) is 56.2 Å². The Bertz CT molecular complexity index is 847. The third-order valence-corrected chi connectivity index (χ3v) is 8.00. The first kappa shape index (κ1) is 24.0. The van der Waals surface area contributed by atoms with Crippen LogP contribution < -0.4 is 0 Å². The predicted molar refractivity (Wildman–Crippen MR) is 130 cm³/mol. The molecule has 0 saturated carbocycles. The van der Waals surface area contributed by atoms with Crippen molar-refractivity contribution in [3.63, 3.8) is 0 Å². The second kappa shape index (κ2) is 8.90. The van der Waals surface area contributed by atoms with Crippen LogP contribution in [0.1, 0.15) is 64.6 Å². The summed E-state index contributed by atoms with van der Waals surface area (Å²) < 4.78 is 6.64. The van der Waals surface area contributed by atoms with Crippen LogP contribution in [0, 0.1) is 0 Å². The summed E-state index contributed by atoms with van der Waals surface area (Å²) >= 11 is 3.56. The third kappa shape index (κ3) is 4.86. The van der Waals surface area contributed by atoms with Gasteiger partial charge in [0, 0.05) is 55.2 Å². The van der Waals surface area contributed by atoms with E-state index in [1.807, 2.05) is 25.7 Å². The maximum absolute atomic E-state index is 12.5. The van der Waals surface area contributed by atoms with Gasteiger partial charge >= 0.3 is 6.09 Å². The SMILES string of the molecule is C[C@H]1CN(C2(C)CCN(C(=O)OC(C)(C)C)CC2)CCN1C1c2ccc(Br)cc2CC1O. The molecular formula is C25H38BrN3O3. The van der Waals surface area contributed by atoms with Gasteiger partial charge in [-0.2, -0.15) is 0 Å². The van der Waals surface area contributed by atoms with E-state index < -0.39 is 5.60 Å². The van der Waals surface area contributed by atoms with Crippen LogP contribution in [0.4, 0.5) is 4.79 Å². The Morgan fingerprint density at radius 2 is 1.88 bits per heavy atom. The number of amides is 1. The maximum atomic E-state index is 12.5. The summed E-state index contributed by atoms with van der Waals surface area (Å²) in [6.45, 7) is 14.8. The number of likely N-dealkylation sites (tertiary alicyclic amines) is 1. The minimum Gasteiger partial charge on any atom is -0.444 e. The highest BCUT2D eigenvalue weighted by molar-refractivity contribution is 9.10. The number of carbonyl (C=O) groups excluding carboxylic acids is 1. The largest absolute Gasteiger partial charge is 0.444 e. The van der Waals surface area contributed by atoms with E-state index in [2.05, 4.69) is 57.8 Å². The van der Waals surface area contributed by atoms with Crippen molar-refractivity contribution in [3.8, 4) is 0 Å². The van der Waals surface area contributed by atoms with E-state index >= 15 is 0 Å². The number of hydrogen-bond donors (Lipinski definition) is 1. The van der Waals surface area contributed by atoms with Gasteiger partial charge in [-0.05, 0) is 70.7 Å². The summed E-state index contributed by atoms with van der Waals surface area (Å²) in [5.41, 5.74) is 2.17. The minimum absolute atomic E-state index is 0.0806. The zero-order valence-corrected chi connectivity index (χ0v) is 21.7. The number of aliphatic hydroxyl groups is 1. The summed E-state index contributed by atoms with van der Waals surface area (Å²) in [7, 11) is 0. The fraction of sp³-hybridized carbons (Fsp3) is 0.720. The third-order valence-electron chi connectivity index (χ3n) is 7.51. The van der Waals surface area contributed by atoms with Crippen LogP contribution in [0.15, 0.2) is 22.7 Å². The van der Waals surface area contributed by atoms with E-state index in [9.17, 15) is 9.90 Å². The van der Waals surface area contributed by atoms with Gasteiger partial charge in [0.2, 0.25) is 0 Å². The van der Waals surface area contributed by atoms with Gasteiger partial charge in [0.15, 0.2) is 0 Å². The first-order chi connectivity index (χ1) is 15.0. The van der Waals surface area contributed by atoms with E-state index in [0.717, 1.165) is 56.5 Å². The standard InChI is InChI=1S/C25H38BrN3O3/c1-17-16-28(25(5)8-10-27(11-9-25)23(31)32-24(2,3)4)12-13-29(17)22-20-7-6-19(26)14-18(20)15-21(22)30/h6-7,14,17,21-22,30H,8-13,15-16H2,1-5H3/t17-,21?,22?/m0/s1. The number of aliphatic hydroxyl groups excluding tert-OH is 1. The van der Waals surface area contributed by atoms with Crippen molar-refractivity contribution in [3.05, 3.63) is 33.8 Å². The molecule has 0 radical (unpaired) electrons. The lowest BCUT2D eigenvalue weighted by Crippen LogP contribution is -2.62. The van der Waals surface area contributed by atoms with Crippen molar-refractivity contribution >= 4 is 22.0 Å². The Kier molecular flexibility index (Phi) is 6.67. The number of fused-ring (bicyclic) bond motifs is 1. The molecule has 3 aliphatic rings. The lowest BCUT2D eigenvalue weighted by molar-refractivity contribution is -0.0526. The highest BCUT2D eigenvalue weighted by atomic mass is 79.9. The van der Waals surface area contributed by atoms with Gasteiger partial charge in [-0.3, -0.25) is 9.80 Å². The average Bonchev–Trinajstić information content (AvgIpc) is 3.01. The molecule has 0 bridgehead atoms. The van der Waals surface area contributed by atoms with Crippen molar-refractivity contribution in [1.82, 2.24) is 14.7 Å². The Hall–Kier alpha value is -1.15. The van der Waals surface area contributed by atoms with Gasteiger partial charge in [-0.15, -0.1) is 0 Å². The van der Waals surface area contributed by atoms with Gasteiger partial charge in [0.05, 0.1) is 12.1 Å². The van der Waals surface area contributed by atoms with Crippen molar-refractivity contribution in [1.29, 1.82) is 0 Å². The average molecular weight is 509 g/mol. The van der Waals surface area contributed by atoms with Gasteiger partial charge in [-0.1, -0.05) is 22.0 Å². The summed E-state index contributed by atoms with van der Waals surface area (Å²) in [5, 5.41) is 10.9. The summed E-state index contributed by atoms with van der Waals surface area (Å²) in [6.07, 6.45) is 2.10. The number of rotatable bonds is 2.